The summed E-state index contributed by atoms with van der Waals surface area (Å²) >= 11 is 0. The van der Waals surface area contributed by atoms with Crippen LogP contribution < -0.4 is 4.90 Å². The van der Waals surface area contributed by atoms with Gasteiger partial charge >= 0.3 is 12.4 Å². The molecule has 109 heavy (non-hydrogen) atoms. The van der Waals surface area contributed by atoms with Crippen LogP contribution in [0.2, 0.25) is 0 Å². The molecule has 0 unspecified atom stereocenters. The fraction of sp³-hybridized carbons (Fsp3) is 0.0217. The number of para-hydroxylation sites is 4. The van der Waals surface area contributed by atoms with Crippen LogP contribution in [0.1, 0.15) is 33.6 Å². The van der Waals surface area contributed by atoms with E-state index < -0.39 is 46.3 Å². The molecule has 0 saturated heterocycles. The van der Waals surface area contributed by atoms with Gasteiger partial charge in [0.1, 0.15) is 69.6 Å². The maximum absolute atomic E-state index is 14.1. The van der Waals surface area contributed by atoms with Gasteiger partial charge in [-0.2, -0.15) is 47.4 Å². The molecular formula is C92H48F8N8O. The van der Waals surface area contributed by atoms with Crippen LogP contribution in [-0.4, -0.2) is 14.5 Å². The van der Waals surface area contributed by atoms with Gasteiger partial charge in [-0.3, -0.25) is 0 Å². The van der Waals surface area contributed by atoms with Gasteiger partial charge in [0, 0.05) is 72.1 Å². The molecule has 0 saturated carbocycles. The molecule has 17 heteroatoms. The molecule has 0 fully saturated rings. The Morgan fingerprint density at radius 3 is 1.21 bits per heavy atom. The van der Waals surface area contributed by atoms with E-state index in [2.05, 4.69) is 216 Å². The van der Waals surface area contributed by atoms with Crippen LogP contribution in [0.15, 0.2) is 307 Å². The fourth-order valence-corrected chi connectivity index (χ4v) is 14.8. The van der Waals surface area contributed by atoms with Crippen molar-refractivity contribution in [3.05, 3.63) is 348 Å². The lowest BCUT2D eigenvalue weighted by Gasteiger charge is -2.26. The summed E-state index contributed by atoms with van der Waals surface area (Å²) in [6.45, 7) is 0. The monoisotopic (exact) mass is 1430 g/mol. The number of fused-ring (bicyclic) bond motifs is 12. The van der Waals surface area contributed by atoms with Gasteiger partial charge in [-0.1, -0.05) is 188 Å². The number of rotatable bonds is 9. The average molecular weight is 1430 g/mol. The number of hydrogen-bond donors (Lipinski definition) is 0. The number of anilines is 3. The van der Waals surface area contributed by atoms with E-state index in [-0.39, 0.29) is 67.3 Å². The molecule has 3 aromatic heterocycles. The highest BCUT2D eigenvalue weighted by Gasteiger charge is 2.39. The summed E-state index contributed by atoms with van der Waals surface area (Å²) in [7, 11) is 0. The van der Waals surface area contributed by atoms with Gasteiger partial charge in [0.05, 0.1) is 33.5 Å². The number of furan rings is 1. The first-order valence-electron chi connectivity index (χ1n) is 34.2. The van der Waals surface area contributed by atoms with E-state index in [4.69, 9.17) is 14.4 Å². The van der Waals surface area contributed by atoms with Gasteiger partial charge < -0.3 is 13.9 Å². The molecule has 0 atom stereocenters. The molecule has 18 rings (SSSR count). The van der Waals surface area contributed by atoms with Gasteiger partial charge in [-0.15, -0.1) is 0 Å². The van der Waals surface area contributed by atoms with Crippen molar-refractivity contribution in [2.24, 2.45) is 0 Å². The summed E-state index contributed by atoms with van der Waals surface area (Å²) in [6, 6.07) is 98.7. The van der Waals surface area contributed by atoms with E-state index in [0.29, 0.717) is 35.4 Å². The van der Waals surface area contributed by atoms with Crippen molar-refractivity contribution in [2.75, 3.05) is 4.90 Å². The Balaban J connectivity index is 0.000000160. The first-order valence-corrected chi connectivity index (χ1v) is 34.2. The van der Waals surface area contributed by atoms with Gasteiger partial charge in [-0.05, 0) is 164 Å². The Morgan fingerprint density at radius 2 is 0.716 bits per heavy atom. The molecular weight excluding hydrogens is 1390 g/mol. The van der Waals surface area contributed by atoms with E-state index in [1.165, 1.54) is 74.9 Å². The molecule has 2 aliphatic carbocycles. The van der Waals surface area contributed by atoms with Crippen LogP contribution in [0.3, 0.4) is 0 Å². The lowest BCUT2D eigenvalue weighted by atomic mass is 9.95. The van der Waals surface area contributed by atoms with Crippen molar-refractivity contribution in [2.45, 2.75) is 12.4 Å². The lowest BCUT2D eigenvalue weighted by molar-refractivity contribution is -0.140. The van der Waals surface area contributed by atoms with Crippen LogP contribution in [0.25, 0.3) is 139 Å². The molecule has 0 radical (unpaired) electrons. The summed E-state index contributed by atoms with van der Waals surface area (Å²) in [6.07, 6.45) is -9.97. The van der Waals surface area contributed by atoms with Crippen molar-refractivity contribution < 1.29 is 39.5 Å². The molecule has 3 heterocycles. The third kappa shape index (κ3) is 11.8. The van der Waals surface area contributed by atoms with Crippen LogP contribution in [-0.2, 0) is 12.4 Å². The predicted octanol–water partition coefficient (Wildman–Crippen LogP) is 24.9. The smallest absolute Gasteiger partial charge is 0.419 e. The maximum atomic E-state index is 14.1. The quantitative estimate of drug-likeness (QED) is 0.103. The molecule has 9 nitrogen and oxygen atoms in total. The molecule has 0 amide bonds. The van der Waals surface area contributed by atoms with Crippen LogP contribution in [0, 0.1) is 57.0 Å². The minimum Gasteiger partial charge on any atom is -0.455 e. The predicted molar refractivity (Wildman–Crippen MR) is 407 cm³/mol. The van der Waals surface area contributed by atoms with Gasteiger partial charge in [0.2, 0.25) is 0 Å². The summed E-state index contributed by atoms with van der Waals surface area (Å²) in [5.41, 5.74) is 13.3. The first-order chi connectivity index (χ1) is 53.0. The normalized spacial score (nSPS) is 12.0. The Bertz CT molecular complexity index is 6430. The number of nitriles is 4. The Morgan fingerprint density at radius 1 is 0.330 bits per heavy atom. The zero-order chi connectivity index (χ0) is 75.0. The summed E-state index contributed by atoms with van der Waals surface area (Å²) in [5.74, 6) is -2.95. The summed E-state index contributed by atoms with van der Waals surface area (Å²) < 4.78 is 118. The lowest BCUT2D eigenvalue weighted by Crippen LogP contribution is -2.09. The minimum atomic E-state index is -4.99. The number of alkyl halides is 6. The summed E-state index contributed by atoms with van der Waals surface area (Å²) in [4.78, 5) is 11.8. The summed E-state index contributed by atoms with van der Waals surface area (Å²) in [5, 5.41) is 44.5. The van der Waals surface area contributed by atoms with E-state index in [1.807, 2.05) is 12.1 Å². The second kappa shape index (κ2) is 26.7. The Kier molecular flexibility index (Phi) is 16.5. The zero-order valence-electron chi connectivity index (χ0n) is 56.7. The third-order valence-corrected chi connectivity index (χ3v) is 19.8. The SMILES string of the molecule is N#CC(C#N)=C1c2cc(-c3ccc(F)c(C(F)(F)F)c3)ccc2-c2nc3c(nc21)-c1ccc(-c2ccc(F)c(C(F)(F)F)c2)cc1C3=C(C#N)C#N.c1ccc(-c2ccc(N(c3ccc(-c4cccc(-n5c6ccccc6c6ccccc65)c4)cc3)c3ccc(-c4cccc5c4oc4ccccc45)cc3)cc2)cc1. The van der Waals surface area contributed by atoms with Crippen molar-refractivity contribution in [3.63, 3.8) is 0 Å². The number of halogens is 8. The van der Waals surface area contributed by atoms with Crippen molar-refractivity contribution in [3.8, 4) is 108 Å². The molecule has 518 valence electrons. The number of aromatic nitrogens is 3. The standard InChI is InChI=1S/C54H36N2O.C38H12F8N6/c1-2-12-37(13-3-1)38-24-30-42(31-25-38)55(44-34-28-40(29-35-44)46-19-11-20-50-49-18-6-9-23-53(49)57-54(46)50)43-32-26-39(27-33-43)41-14-10-15-45(36-41)56-51-21-7-4-16-47(51)48-17-5-8-22-52(48)56;39-29-7-3-19(11-27(29)37(41,42)43)17-1-5-23-25(9-17)31(21(13-47)14-48)35-33(23)51-36-32(22(15-49)16-50)26-10-18(2-6-24(26)34(36)52-35)20-4-8-30(40)28(12-20)38(44,45)46/h1-36H;1-12H. The highest BCUT2D eigenvalue weighted by atomic mass is 19.4. The van der Waals surface area contributed by atoms with E-state index in [0.717, 1.165) is 73.5 Å². The minimum absolute atomic E-state index is 0.00677. The zero-order valence-corrected chi connectivity index (χ0v) is 56.7. The van der Waals surface area contributed by atoms with E-state index in [1.54, 1.807) is 24.3 Å². The number of hydrogen-bond acceptors (Lipinski definition) is 8. The van der Waals surface area contributed by atoms with Crippen molar-refractivity contribution >= 4 is 72.0 Å². The molecule has 0 bridgehead atoms. The molecule has 0 spiro atoms. The largest absolute Gasteiger partial charge is 0.455 e. The Labute approximate surface area is 616 Å². The maximum Gasteiger partial charge on any atom is 0.419 e. The number of nitrogens with zero attached hydrogens (tertiary/aromatic N) is 8. The highest BCUT2D eigenvalue weighted by molar-refractivity contribution is 6.12. The Hall–Kier alpha value is -14.8. The number of benzene rings is 13. The topological polar surface area (TPSA) is 142 Å². The second-order valence-electron chi connectivity index (χ2n) is 26.0. The van der Waals surface area contributed by atoms with Gasteiger partial charge in [0.15, 0.2) is 0 Å². The van der Waals surface area contributed by atoms with Gasteiger partial charge in [-0.25, -0.2) is 18.7 Å². The molecule has 13 aromatic carbocycles. The third-order valence-electron chi connectivity index (χ3n) is 19.8. The van der Waals surface area contributed by atoms with Crippen LogP contribution in [0.5, 0.6) is 0 Å². The average Bonchev–Trinajstić information content (AvgIpc) is 1.56. The molecule has 0 aliphatic heterocycles. The van der Waals surface area contributed by atoms with Gasteiger partial charge in [0.25, 0.3) is 0 Å². The van der Waals surface area contributed by atoms with Crippen LogP contribution >= 0.6 is 0 Å². The van der Waals surface area contributed by atoms with Crippen LogP contribution in [0.4, 0.5) is 52.2 Å². The van der Waals surface area contributed by atoms with Crippen molar-refractivity contribution in [1.29, 1.82) is 21.0 Å². The molecule has 2 aliphatic rings. The first kappa shape index (κ1) is 67.4. The van der Waals surface area contributed by atoms with E-state index >= 15 is 0 Å². The van der Waals surface area contributed by atoms with E-state index in [9.17, 15) is 56.2 Å². The fourth-order valence-electron chi connectivity index (χ4n) is 14.8. The second-order valence-corrected chi connectivity index (χ2v) is 26.0. The molecule has 16 aromatic rings. The number of allylic oxidation sites excluding steroid dienone is 2. The highest BCUT2D eigenvalue weighted by Crippen LogP contribution is 2.52. The van der Waals surface area contributed by atoms with Crippen molar-refractivity contribution in [1.82, 2.24) is 14.5 Å². The molecule has 0 N–H and O–H groups in total.